The molecule has 0 aromatic heterocycles. The first-order valence-corrected chi connectivity index (χ1v) is 5.80. The number of benzene rings is 1. The van der Waals surface area contributed by atoms with E-state index in [1.807, 2.05) is 25.1 Å². The van der Waals surface area contributed by atoms with Gasteiger partial charge in [0.05, 0.1) is 6.42 Å². The van der Waals surface area contributed by atoms with Crippen LogP contribution in [0, 0.1) is 6.92 Å². The molecule has 0 aliphatic rings. The summed E-state index contributed by atoms with van der Waals surface area (Å²) in [5.41, 5.74) is 2.72. The Kier molecular flexibility index (Phi) is 4.69. The van der Waals surface area contributed by atoms with Crippen LogP contribution in [0.2, 0.25) is 0 Å². The molecule has 1 aromatic rings. The van der Waals surface area contributed by atoms with Crippen LogP contribution < -0.4 is 4.90 Å². The molecular formula is C12H15ClF3N. The maximum atomic E-state index is 12.1. The Labute approximate surface area is 104 Å². The van der Waals surface area contributed by atoms with Gasteiger partial charge in [0.15, 0.2) is 0 Å². The van der Waals surface area contributed by atoms with Gasteiger partial charge in [0.1, 0.15) is 0 Å². The van der Waals surface area contributed by atoms with Crippen LogP contribution in [0.3, 0.4) is 0 Å². The van der Waals surface area contributed by atoms with Crippen LogP contribution in [0.4, 0.5) is 18.9 Å². The average Bonchev–Trinajstić information content (AvgIpc) is 2.24. The van der Waals surface area contributed by atoms with Gasteiger partial charge in [0.2, 0.25) is 0 Å². The standard InChI is InChI=1S/C12H15ClF3N/c1-9-7-10(8-13)3-4-11(9)17(2)6-5-12(14,15)16/h3-4,7H,5-6,8H2,1-2H3. The molecule has 1 aromatic carbocycles. The quantitative estimate of drug-likeness (QED) is 0.740. The van der Waals surface area contributed by atoms with E-state index in [-0.39, 0.29) is 6.54 Å². The highest BCUT2D eigenvalue weighted by Crippen LogP contribution is 2.24. The van der Waals surface area contributed by atoms with Gasteiger partial charge in [0.25, 0.3) is 0 Å². The predicted octanol–water partition coefficient (Wildman–Crippen LogP) is 4.12. The second-order valence-corrected chi connectivity index (χ2v) is 4.31. The lowest BCUT2D eigenvalue weighted by Crippen LogP contribution is -2.24. The first-order chi connectivity index (χ1) is 7.83. The maximum absolute atomic E-state index is 12.1. The van der Waals surface area contributed by atoms with E-state index < -0.39 is 12.6 Å². The molecule has 0 saturated carbocycles. The molecule has 0 heterocycles. The molecule has 1 nitrogen and oxygen atoms in total. The van der Waals surface area contributed by atoms with Crippen molar-refractivity contribution in [1.29, 1.82) is 0 Å². The molecule has 0 bridgehead atoms. The lowest BCUT2D eigenvalue weighted by atomic mass is 10.1. The molecule has 1 rings (SSSR count). The lowest BCUT2D eigenvalue weighted by molar-refractivity contribution is -0.132. The van der Waals surface area contributed by atoms with E-state index in [4.69, 9.17) is 11.6 Å². The topological polar surface area (TPSA) is 3.24 Å². The first kappa shape index (κ1) is 14.2. The summed E-state index contributed by atoms with van der Waals surface area (Å²) in [7, 11) is 1.66. The number of hydrogen-bond acceptors (Lipinski definition) is 1. The molecule has 0 aliphatic heterocycles. The van der Waals surface area contributed by atoms with Gasteiger partial charge < -0.3 is 4.90 Å². The maximum Gasteiger partial charge on any atom is 0.390 e. The number of anilines is 1. The lowest BCUT2D eigenvalue weighted by Gasteiger charge is -2.22. The van der Waals surface area contributed by atoms with Crippen molar-refractivity contribution in [3.05, 3.63) is 29.3 Å². The summed E-state index contributed by atoms with van der Waals surface area (Å²) in [6.45, 7) is 1.83. The van der Waals surface area contributed by atoms with Crippen LogP contribution in [-0.2, 0) is 5.88 Å². The molecule has 0 aliphatic carbocycles. The van der Waals surface area contributed by atoms with E-state index in [1.165, 1.54) is 0 Å². The van der Waals surface area contributed by atoms with E-state index in [1.54, 1.807) is 11.9 Å². The van der Waals surface area contributed by atoms with Crippen molar-refractivity contribution in [3.8, 4) is 0 Å². The number of hydrogen-bond donors (Lipinski definition) is 0. The van der Waals surface area contributed by atoms with E-state index in [0.29, 0.717) is 5.88 Å². The minimum atomic E-state index is -4.11. The summed E-state index contributed by atoms with van der Waals surface area (Å²) >= 11 is 5.69. The minimum absolute atomic E-state index is 0.0371. The molecule has 0 unspecified atom stereocenters. The highest BCUT2D eigenvalue weighted by atomic mass is 35.5. The smallest absolute Gasteiger partial charge is 0.374 e. The Bertz CT molecular complexity index is 377. The minimum Gasteiger partial charge on any atom is -0.374 e. The summed E-state index contributed by atoms with van der Waals surface area (Å²) in [6.07, 6.45) is -4.92. The summed E-state index contributed by atoms with van der Waals surface area (Å²) in [5, 5.41) is 0. The summed E-state index contributed by atoms with van der Waals surface area (Å²) in [5.74, 6) is 0.410. The van der Waals surface area contributed by atoms with Gasteiger partial charge in [-0.25, -0.2) is 0 Å². The molecule has 0 radical (unpaired) electrons. The second-order valence-electron chi connectivity index (χ2n) is 4.04. The van der Waals surface area contributed by atoms with Crippen LogP contribution >= 0.6 is 11.6 Å². The number of nitrogens with zero attached hydrogens (tertiary/aromatic N) is 1. The Hall–Kier alpha value is -0.900. The monoisotopic (exact) mass is 265 g/mol. The molecule has 0 spiro atoms. The second kappa shape index (κ2) is 5.63. The third kappa shape index (κ3) is 4.46. The number of alkyl halides is 4. The van der Waals surface area contributed by atoms with Crippen molar-refractivity contribution in [3.63, 3.8) is 0 Å². The predicted molar refractivity (Wildman–Crippen MR) is 64.7 cm³/mol. The average molecular weight is 266 g/mol. The zero-order valence-corrected chi connectivity index (χ0v) is 10.6. The largest absolute Gasteiger partial charge is 0.390 e. The number of halogens is 4. The Morgan fingerprint density at radius 2 is 1.94 bits per heavy atom. The van der Waals surface area contributed by atoms with Crippen molar-refractivity contribution < 1.29 is 13.2 Å². The van der Waals surface area contributed by atoms with Crippen molar-refractivity contribution in [1.82, 2.24) is 0 Å². The van der Waals surface area contributed by atoms with Crippen LogP contribution in [0.1, 0.15) is 17.5 Å². The third-order valence-electron chi connectivity index (χ3n) is 2.56. The van der Waals surface area contributed by atoms with Crippen LogP contribution in [0.15, 0.2) is 18.2 Å². The molecule has 17 heavy (non-hydrogen) atoms. The van der Waals surface area contributed by atoms with Crippen molar-refractivity contribution in [2.45, 2.75) is 25.4 Å². The van der Waals surface area contributed by atoms with Gasteiger partial charge in [-0.3, -0.25) is 0 Å². The first-order valence-electron chi connectivity index (χ1n) is 5.27. The summed E-state index contributed by atoms with van der Waals surface area (Å²) in [6, 6.07) is 5.54. The highest BCUT2D eigenvalue weighted by Gasteiger charge is 2.27. The van der Waals surface area contributed by atoms with Crippen LogP contribution in [0.25, 0.3) is 0 Å². The fourth-order valence-electron chi connectivity index (χ4n) is 1.64. The number of aryl methyl sites for hydroxylation is 1. The van der Waals surface area contributed by atoms with Crippen LogP contribution in [-0.4, -0.2) is 19.8 Å². The Balaban J connectivity index is 2.72. The Morgan fingerprint density at radius 1 is 1.29 bits per heavy atom. The van der Waals surface area contributed by atoms with E-state index in [0.717, 1.165) is 16.8 Å². The molecule has 0 saturated heterocycles. The van der Waals surface area contributed by atoms with Gasteiger partial charge >= 0.3 is 6.18 Å². The SMILES string of the molecule is Cc1cc(CCl)ccc1N(C)CCC(F)(F)F. The molecule has 0 N–H and O–H groups in total. The van der Waals surface area contributed by atoms with E-state index in [9.17, 15) is 13.2 Å². The van der Waals surface area contributed by atoms with Gasteiger partial charge in [0, 0.05) is 25.2 Å². The van der Waals surface area contributed by atoms with E-state index in [2.05, 4.69) is 0 Å². The van der Waals surface area contributed by atoms with Crippen molar-refractivity contribution >= 4 is 17.3 Å². The van der Waals surface area contributed by atoms with Gasteiger partial charge in [-0.05, 0) is 24.1 Å². The van der Waals surface area contributed by atoms with E-state index >= 15 is 0 Å². The zero-order chi connectivity index (χ0) is 13.1. The molecule has 0 atom stereocenters. The highest BCUT2D eigenvalue weighted by molar-refractivity contribution is 6.17. The van der Waals surface area contributed by atoms with Crippen LogP contribution in [0.5, 0.6) is 0 Å². The summed E-state index contributed by atoms with van der Waals surface area (Å²) in [4.78, 5) is 1.61. The molecule has 0 amide bonds. The third-order valence-corrected chi connectivity index (χ3v) is 2.87. The molecule has 96 valence electrons. The zero-order valence-electron chi connectivity index (χ0n) is 9.81. The molecular weight excluding hydrogens is 251 g/mol. The van der Waals surface area contributed by atoms with Gasteiger partial charge in [-0.15, -0.1) is 11.6 Å². The fourth-order valence-corrected chi connectivity index (χ4v) is 1.81. The van der Waals surface area contributed by atoms with Crippen molar-refractivity contribution in [2.75, 3.05) is 18.5 Å². The van der Waals surface area contributed by atoms with Crippen molar-refractivity contribution in [2.24, 2.45) is 0 Å². The number of rotatable bonds is 4. The summed E-state index contributed by atoms with van der Waals surface area (Å²) < 4.78 is 36.3. The molecule has 5 heteroatoms. The molecule has 0 fully saturated rings. The van der Waals surface area contributed by atoms with Gasteiger partial charge in [-0.1, -0.05) is 12.1 Å². The normalized spacial score (nSPS) is 11.6. The Morgan fingerprint density at radius 3 is 2.41 bits per heavy atom. The fraction of sp³-hybridized carbons (Fsp3) is 0.500. The van der Waals surface area contributed by atoms with Gasteiger partial charge in [-0.2, -0.15) is 13.2 Å².